The first-order chi connectivity index (χ1) is 7.58. The van der Waals surface area contributed by atoms with Crippen LogP contribution in [0.4, 0.5) is 0 Å². The van der Waals surface area contributed by atoms with E-state index in [1.165, 1.54) is 0 Å². The Balaban J connectivity index is 2.96. The summed E-state index contributed by atoms with van der Waals surface area (Å²) in [6.07, 6.45) is 0. The van der Waals surface area contributed by atoms with Crippen LogP contribution in [0.1, 0.15) is 0 Å². The van der Waals surface area contributed by atoms with Crippen LogP contribution in [0, 0.1) is 0 Å². The minimum Gasteiger partial charge on any atom is -0.464 e. The second kappa shape index (κ2) is 6.43. The lowest BCUT2D eigenvalue weighted by Gasteiger charge is -2.39. The Morgan fingerprint density at radius 1 is 0.765 bits per heavy atom. The molecule has 0 fully saturated rings. The van der Waals surface area contributed by atoms with E-state index < -0.39 is 8.80 Å². The van der Waals surface area contributed by atoms with Crippen LogP contribution in [0.15, 0.2) is 30.3 Å². The highest BCUT2D eigenvalue weighted by Crippen LogP contribution is 2.62. The summed E-state index contributed by atoms with van der Waals surface area (Å²) >= 11 is 24.4. The van der Waals surface area contributed by atoms with E-state index in [4.69, 9.17) is 4.74 Å². The van der Waals surface area contributed by atoms with Crippen LogP contribution < -0.4 is 4.74 Å². The maximum absolute atomic E-state index is 5.84. The average molecular weight is 688 g/mol. The zero-order valence-corrected chi connectivity index (χ0v) is 19.0. The molecule has 0 heterocycles. The standard InChI is InChI=1S/C9H5Br7O/c10-7(11,8(12,13)14)9(15,16)17-6-4-2-1-3-5-6/h1-5H. The summed E-state index contributed by atoms with van der Waals surface area (Å²) in [6.45, 7) is 0. The Morgan fingerprint density at radius 3 is 1.65 bits per heavy atom. The lowest BCUT2D eigenvalue weighted by molar-refractivity contribution is 0.264. The SMILES string of the molecule is BrC(Br)(Br)C(Br)(Br)C(Br)(Br)Oc1ccccc1. The molecule has 0 saturated carbocycles. The summed E-state index contributed by atoms with van der Waals surface area (Å²) in [6, 6.07) is 9.46. The predicted molar refractivity (Wildman–Crippen MR) is 97.8 cm³/mol. The summed E-state index contributed by atoms with van der Waals surface area (Å²) < 4.78 is 3.58. The third-order valence-corrected chi connectivity index (χ3v) is 12.6. The molecule has 1 rings (SSSR count). The number of halogens is 7. The van der Waals surface area contributed by atoms with E-state index in [1.54, 1.807) is 0 Å². The Labute approximate surface area is 159 Å². The minimum atomic E-state index is -0.898. The maximum atomic E-state index is 5.84. The van der Waals surface area contributed by atoms with Gasteiger partial charge in [-0.15, -0.1) is 0 Å². The molecule has 1 aromatic rings. The van der Waals surface area contributed by atoms with Crippen molar-refractivity contribution in [2.24, 2.45) is 0 Å². The molecule has 0 spiro atoms. The first-order valence-electron chi connectivity index (χ1n) is 4.14. The van der Waals surface area contributed by atoms with Crippen molar-refractivity contribution in [3.8, 4) is 5.75 Å². The van der Waals surface area contributed by atoms with Crippen molar-refractivity contribution in [1.29, 1.82) is 0 Å². The molecule has 0 N–H and O–H groups in total. The van der Waals surface area contributed by atoms with Crippen molar-refractivity contribution in [3.05, 3.63) is 30.3 Å². The van der Waals surface area contributed by atoms with Gasteiger partial charge in [-0.25, -0.2) is 0 Å². The number of benzene rings is 1. The van der Waals surface area contributed by atoms with Crippen LogP contribution in [0.25, 0.3) is 0 Å². The van der Waals surface area contributed by atoms with Gasteiger partial charge in [0.05, 0.1) is 0 Å². The smallest absolute Gasteiger partial charge is 0.245 e. The molecule has 0 aliphatic rings. The van der Waals surface area contributed by atoms with Crippen molar-refractivity contribution >= 4 is 112 Å². The Kier molecular flexibility index (Phi) is 6.60. The van der Waals surface area contributed by atoms with Crippen LogP contribution in [-0.2, 0) is 0 Å². The number of alkyl halides is 7. The number of para-hydroxylation sites is 1. The summed E-state index contributed by atoms with van der Waals surface area (Å²) in [7, 11) is 0. The Morgan fingerprint density at radius 2 is 1.24 bits per heavy atom. The lowest BCUT2D eigenvalue weighted by atomic mass is 10.3. The van der Waals surface area contributed by atoms with Crippen LogP contribution >= 0.6 is 112 Å². The number of ether oxygens (including phenoxy) is 1. The highest BCUT2D eigenvalue weighted by Gasteiger charge is 2.58. The van der Waals surface area contributed by atoms with Gasteiger partial charge >= 0.3 is 0 Å². The molecule has 1 aromatic carbocycles. The molecule has 0 aromatic heterocycles. The van der Waals surface area contributed by atoms with Crippen molar-refractivity contribution in [3.63, 3.8) is 0 Å². The molecule has 0 saturated heterocycles. The summed E-state index contributed by atoms with van der Waals surface area (Å²) in [5.74, 6) is 0.723. The van der Waals surface area contributed by atoms with E-state index in [0.29, 0.717) is 0 Å². The predicted octanol–water partition coefficient (Wildman–Crippen LogP) is 6.83. The molecule has 0 radical (unpaired) electrons. The largest absolute Gasteiger partial charge is 0.464 e. The van der Waals surface area contributed by atoms with E-state index in [-0.39, 0.29) is 0 Å². The van der Waals surface area contributed by atoms with Gasteiger partial charge in [0.2, 0.25) is 3.42 Å². The van der Waals surface area contributed by atoms with Crippen molar-refractivity contribution in [1.82, 2.24) is 0 Å². The third kappa shape index (κ3) is 4.43. The van der Waals surface area contributed by atoms with Gasteiger partial charge in [0.1, 0.15) is 5.75 Å². The molecule has 0 unspecified atom stereocenters. The molecule has 0 aliphatic heterocycles. The van der Waals surface area contributed by atoms with Gasteiger partial charge in [0.25, 0.3) is 0 Å². The maximum Gasteiger partial charge on any atom is 0.245 e. The second-order valence-electron chi connectivity index (χ2n) is 3.00. The number of rotatable bonds is 3. The van der Waals surface area contributed by atoms with Crippen LogP contribution in [-0.4, -0.2) is 8.80 Å². The topological polar surface area (TPSA) is 9.23 Å². The fourth-order valence-corrected chi connectivity index (χ4v) is 4.43. The first-order valence-corrected chi connectivity index (χ1v) is 9.69. The summed E-state index contributed by atoms with van der Waals surface area (Å²) in [5.41, 5.74) is 0. The zero-order valence-electron chi connectivity index (χ0n) is 7.94. The fourth-order valence-electron chi connectivity index (χ4n) is 0.866. The molecule has 0 amide bonds. The Hall–Kier alpha value is 2.38. The molecule has 0 atom stereocenters. The van der Waals surface area contributed by atoms with Gasteiger partial charge in [-0.2, -0.15) is 0 Å². The normalized spacial score (nSPS) is 13.6. The Bertz CT molecular complexity index is 371. The lowest BCUT2D eigenvalue weighted by Crippen LogP contribution is -2.48. The molecule has 8 heteroatoms. The van der Waals surface area contributed by atoms with Crippen LogP contribution in [0.3, 0.4) is 0 Å². The van der Waals surface area contributed by atoms with Crippen LogP contribution in [0.5, 0.6) is 5.75 Å². The zero-order chi connectivity index (χ0) is 13.3. The monoisotopic (exact) mass is 681 g/mol. The van der Waals surface area contributed by atoms with Gasteiger partial charge in [0.15, 0.2) is 5.38 Å². The average Bonchev–Trinajstić information content (AvgIpc) is 2.16. The van der Waals surface area contributed by atoms with Gasteiger partial charge in [-0.1, -0.05) is 97.8 Å². The van der Waals surface area contributed by atoms with Gasteiger partial charge < -0.3 is 4.74 Å². The highest BCUT2D eigenvalue weighted by molar-refractivity contribution is 9.42. The molecular weight excluding hydrogens is 683 g/mol. The van der Waals surface area contributed by atoms with Gasteiger partial charge in [0, 0.05) is 0 Å². The quantitative estimate of drug-likeness (QED) is 0.317. The van der Waals surface area contributed by atoms with Crippen molar-refractivity contribution < 1.29 is 4.74 Å². The van der Waals surface area contributed by atoms with Crippen molar-refractivity contribution in [2.45, 2.75) is 8.80 Å². The molecular formula is C9H5Br7O. The minimum absolute atomic E-state index is 0.637. The highest BCUT2D eigenvalue weighted by atomic mass is 80.0. The van der Waals surface area contributed by atoms with Gasteiger partial charge in [-0.3, -0.25) is 0 Å². The van der Waals surface area contributed by atoms with Crippen LogP contribution in [0.2, 0.25) is 0 Å². The van der Waals surface area contributed by atoms with E-state index in [1.807, 2.05) is 30.3 Å². The first kappa shape index (κ1) is 17.4. The van der Waals surface area contributed by atoms with E-state index in [9.17, 15) is 0 Å². The van der Waals surface area contributed by atoms with Crippen molar-refractivity contribution in [2.75, 3.05) is 0 Å². The molecule has 1 nitrogen and oxygen atoms in total. The summed E-state index contributed by atoms with van der Waals surface area (Å²) in [5, 5.41) is 0. The third-order valence-electron chi connectivity index (χ3n) is 1.71. The van der Waals surface area contributed by atoms with Gasteiger partial charge in [-0.05, 0) is 44.0 Å². The fraction of sp³-hybridized carbons (Fsp3) is 0.333. The molecule has 0 bridgehead atoms. The number of hydrogen-bond acceptors (Lipinski definition) is 1. The molecule has 17 heavy (non-hydrogen) atoms. The molecule has 96 valence electrons. The van der Waals surface area contributed by atoms with E-state index >= 15 is 0 Å². The van der Waals surface area contributed by atoms with E-state index in [0.717, 1.165) is 5.75 Å². The summed E-state index contributed by atoms with van der Waals surface area (Å²) in [4.78, 5) is 0. The number of hydrogen-bond donors (Lipinski definition) is 0. The second-order valence-corrected chi connectivity index (χ2v) is 16.5. The molecule has 0 aliphatic carbocycles. The van der Waals surface area contributed by atoms with E-state index in [2.05, 4.69) is 112 Å².